The molecule has 8 heteroatoms. The molecule has 1 aliphatic carbocycles. The zero-order valence-electron chi connectivity index (χ0n) is 21.9. The molecule has 1 fully saturated rings. The molecule has 1 atom stereocenters. The van der Waals surface area contributed by atoms with Crippen LogP contribution in [0.15, 0.2) is 77.7 Å². The molecule has 0 heterocycles. The minimum atomic E-state index is -4.20. The van der Waals surface area contributed by atoms with Crippen LogP contribution in [0.3, 0.4) is 0 Å². The van der Waals surface area contributed by atoms with Crippen LogP contribution in [-0.4, -0.2) is 13.7 Å². The van der Waals surface area contributed by atoms with Gasteiger partial charge in [-0.2, -0.15) is 4.72 Å². The molecule has 3 aromatic rings. The van der Waals surface area contributed by atoms with Crippen LogP contribution in [0.1, 0.15) is 55.7 Å². The normalized spacial score (nSPS) is 16.6. The van der Waals surface area contributed by atoms with E-state index in [9.17, 15) is 8.42 Å². The van der Waals surface area contributed by atoms with Gasteiger partial charge in [-0.05, 0) is 81.8 Å². The lowest BCUT2D eigenvalue weighted by Gasteiger charge is -2.43. The second-order valence-electron chi connectivity index (χ2n) is 10.1. The maximum Gasteiger partial charge on any atom is 0.451 e. The topological polar surface area (TPSA) is 81.7 Å². The van der Waals surface area contributed by atoms with Crippen LogP contribution in [0.5, 0.6) is 11.5 Å². The van der Waals surface area contributed by atoms with Crippen LogP contribution in [0.4, 0.5) is 0 Å². The minimum absolute atomic E-state index is 0.200. The van der Waals surface area contributed by atoms with E-state index in [0.29, 0.717) is 35.5 Å². The zero-order valence-corrected chi connectivity index (χ0v) is 23.6. The largest absolute Gasteiger partial charge is 0.451 e. The van der Waals surface area contributed by atoms with Crippen LogP contribution in [0, 0.1) is 26.7 Å². The first-order valence-electron chi connectivity index (χ1n) is 12.8. The molecule has 0 unspecified atom stereocenters. The van der Waals surface area contributed by atoms with Crippen LogP contribution < -0.4 is 13.8 Å². The molecule has 1 aliphatic rings. The number of nitrogens with one attached hydrogen (secondary N) is 1. The van der Waals surface area contributed by atoms with Crippen molar-refractivity contribution in [2.24, 2.45) is 5.92 Å². The number of para-hydroxylation sites is 2. The second kappa shape index (κ2) is 11.0. The fraction of sp³-hybridized carbons (Fsp3) is 0.379. The molecular formula is C29H36NO5PS. The number of aryl methyl sites for hydroxylation is 3. The van der Waals surface area contributed by atoms with E-state index in [1.54, 1.807) is 69.3 Å². The zero-order chi connectivity index (χ0) is 26.7. The van der Waals surface area contributed by atoms with E-state index in [-0.39, 0.29) is 10.8 Å². The summed E-state index contributed by atoms with van der Waals surface area (Å²) in [7, 11) is -8.30. The molecule has 0 radical (unpaired) electrons. The Kier molecular flexibility index (Phi) is 8.17. The van der Waals surface area contributed by atoms with Gasteiger partial charge < -0.3 is 9.05 Å². The van der Waals surface area contributed by atoms with Crippen molar-refractivity contribution in [2.45, 2.75) is 70.0 Å². The van der Waals surface area contributed by atoms with Gasteiger partial charge in [-0.25, -0.2) is 13.0 Å². The summed E-state index contributed by atoms with van der Waals surface area (Å²) < 4.78 is 58.4. The van der Waals surface area contributed by atoms with Gasteiger partial charge in [-0.1, -0.05) is 73.4 Å². The highest BCUT2D eigenvalue weighted by Gasteiger charge is 2.57. The molecule has 0 aliphatic heterocycles. The lowest BCUT2D eigenvalue weighted by atomic mass is 9.84. The summed E-state index contributed by atoms with van der Waals surface area (Å²) in [5.41, 5.74) is 2.26. The summed E-state index contributed by atoms with van der Waals surface area (Å²) in [6, 6.07) is 21.3. The van der Waals surface area contributed by atoms with E-state index in [1.807, 2.05) is 31.2 Å². The Morgan fingerprint density at radius 2 is 1.27 bits per heavy atom. The van der Waals surface area contributed by atoms with Crippen molar-refractivity contribution < 1.29 is 22.0 Å². The SMILES string of the molecule is Cc1cc(C)c(S(=O)(=O)N[C@](C)(C2CCCCC2)P(=O)(Oc2ccccc2)Oc2ccccc2)c(C)c1. The summed E-state index contributed by atoms with van der Waals surface area (Å²) in [6.45, 7) is 7.19. The van der Waals surface area contributed by atoms with Crippen molar-refractivity contribution in [3.63, 3.8) is 0 Å². The number of hydrogen-bond donors (Lipinski definition) is 1. The van der Waals surface area contributed by atoms with Crippen molar-refractivity contribution in [3.05, 3.63) is 89.5 Å². The van der Waals surface area contributed by atoms with Crippen molar-refractivity contribution in [1.82, 2.24) is 4.72 Å². The molecular weight excluding hydrogens is 505 g/mol. The van der Waals surface area contributed by atoms with Gasteiger partial charge in [0.05, 0.1) is 4.90 Å². The van der Waals surface area contributed by atoms with Crippen LogP contribution in [0.2, 0.25) is 0 Å². The van der Waals surface area contributed by atoms with Crippen molar-refractivity contribution >= 4 is 17.6 Å². The number of hydrogen-bond acceptors (Lipinski definition) is 5. The van der Waals surface area contributed by atoms with Gasteiger partial charge in [-0.15, -0.1) is 0 Å². The Morgan fingerprint density at radius 3 is 1.73 bits per heavy atom. The Hall–Kier alpha value is -2.60. The third-order valence-corrected chi connectivity index (χ3v) is 11.7. The third-order valence-electron chi connectivity index (χ3n) is 7.12. The lowest BCUT2D eigenvalue weighted by Crippen LogP contribution is -2.53. The average Bonchev–Trinajstić information content (AvgIpc) is 2.84. The predicted molar refractivity (Wildman–Crippen MR) is 148 cm³/mol. The van der Waals surface area contributed by atoms with E-state index >= 15 is 4.57 Å². The Labute approximate surface area is 221 Å². The molecule has 0 saturated heterocycles. The van der Waals surface area contributed by atoms with Gasteiger partial charge >= 0.3 is 7.60 Å². The molecule has 0 bridgehead atoms. The van der Waals surface area contributed by atoms with Crippen molar-refractivity contribution in [3.8, 4) is 11.5 Å². The van der Waals surface area contributed by atoms with Gasteiger partial charge in [0.25, 0.3) is 0 Å². The van der Waals surface area contributed by atoms with Crippen LogP contribution in [-0.2, 0) is 14.6 Å². The van der Waals surface area contributed by atoms with Gasteiger partial charge in [0.1, 0.15) is 11.5 Å². The van der Waals surface area contributed by atoms with Crippen LogP contribution in [0.25, 0.3) is 0 Å². The molecule has 37 heavy (non-hydrogen) atoms. The first kappa shape index (κ1) is 27.4. The predicted octanol–water partition coefficient (Wildman–Crippen LogP) is 7.54. The molecule has 1 saturated carbocycles. The van der Waals surface area contributed by atoms with Crippen molar-refractivity contribution in [1.29, 1.82) is 0 Å². The quantitative estimate of drug-likeness (QED) is 0.283. The van der Waals surface area contributed by atoms with E-state index in [0.717, 1.165) is 24.8 Å². The second-order valence-corrected chi connectivity index (χ2v) is 14.0. The highest BCUT2D eigenvalue weighted by molar-refractivity contribution is 7.90. The molecule has 6 nitrogen and oxygen atoms in total. The van der Waals surface area contributed by atoms with Gasteiger partial charge in [0.15, 0.2) is 5.28 Å². The first-order valence-corrected chi connectivity index (χ1v) is 15.8. The third kappa shape index (κ3) is 5.95. The Morgan fingerprint density at radius 1 is 0.811 bits per heavy atom. The summed E-state index contributed by atoms with van der Waals surface area (Å²) in [4.78, 5) is 0.200. The fourth-order valence-electron chi connectivity index (χ4n) is 5.39. The molecule has 0 spiro atoms. The maximum absolute atomic E-state index is 15.0. The number of sulfonamides is 1. The molecule has 0 amide bonds. The van der Waals surface area contributed by atoms with Crippen molar-refractivity contribution in [2.75, 3.05) is 0 Å². The lowest BCUT2D eigenvalue weighted by molar-refractivity contribution is 0.229. The maximum atomic E-state index is 15.0. The molecule has 4 rings (SSSR count). The summed E-state index contributed by atoms with van der Waals surface area (Å²) in [5.74, 6) is 0.455. The van der Waals surface area contributed by atoms with Gasteiger partial charge in [0.2, 0.25) is 10.0 Å². The van der Waals surface area contributed by atoms with E-state index < -0.39 is 22.9 Å². The number of rotatable bonds is 9. The smallest absolute Gasteiger partial charge is 0.415 e. The summed E-state index contributed by atoms with van der Waals surface area (Å²) in [6.07, 6.45) is 4.32. The highest BCUT2D eigenvalue weighted by atomic mass is 32.2. The fourth-order valence-corrected chi connectivity index (χ4v) is 9.90. The van der Waals surface area contributed by atoms with E-state index in [1.165, 1.54) is 0 Å². The molecule has 198 valence electrons. The first-order chi connectivity index (χ1) is 17.5. The molecule has 0 aromatic heterocycles. The molecule has 3 aromatic carbocycles. The monoisotopic (exact) mass is 541 g/mol. The van der Waals surface area contributed by atoms with Crippen LogP contribution >= 0.6 is 7.60 Å². The minimum Gasteiger partial charge on any atom is -0.415 e. The summed E-state index contributed by atoms with van der Waals surface area (Å²) in [5, 5.41) is -1.53. The van der Waals surface area contributed by atoms with Gasteiger partial charge in [-0.3, -0.25) is 0 Å². The molecule has 1 N–H and O–H groups in total. The van der Waals surface area contributed by atoms with Gasteiger partial charge in [0, 0.05) is 0 Å². The number of benzene rings is 3. The Bertz CT molecular complexity index is 1300. The average molecular weight is 542 g/mol. The summed E-state index contributed by atoms with van der Waals surface area (Å²) >= 11 is 0. The van der Waals surface area contributed by atoms with E-state index in [2.05, 4.69) is 4.72 Å². The Balaban J connectivity index is 1.86. The highest BCUT2D eigenvalue weighted by Crippen LogP contribution is 2.63. The standard InChI is InChI=1S/C29H36NO5PS/c1-22-20-23(2)28(24(3)21-22)37(32,33)30-29(4,25-14-8-5-9-15-25)36(31,34-26-16-10-6-11-17-26)35-27-18-12-7-13-19-27/h6-7,10-13,16-21,25,30H,5,8-9,14-15H2,1-4H3/t29-/m0/s1. The van der Waals surface area contributed by atoms with E-state index in [4.69, 9.17) is 9.05 Å².